The fourth-order valence-corrected chi connectivity index (χ4v) is 2.28. The Bertz CT molecular complexity index is 345. The maximum absolute atomic E-state index is 11.9. The van der Waals surface area contributed by atoms with Crippen molar-refractivity contribution in [3.05, 3.63) is 0 Å². The first-order chi connectivity index (χ1) is 9.54. The molecule has 0 saturated heterocycles. The summed E-state index contributed by atoms with van der Waals surface area (Å²) < 4.78 is 9.88. The molecule has 0 bridgehead atoms. The Morgan fingerprint density at radius 3 is 2.14 bits per heavy atom. The maximum Gasteiger partial charge on any atom is 0.311 e. The molecular formula is C17H32O4. The molecule has 1 atom stereocenters. The highest BCUT2D eigenvalue weighted by Gasteiger charge is 2.43. The van der Waals surface area contributed by atoms with Gasteiger partial charge in [0, 0.05) is 6.92 Å². The summed E-state index contributed by atoms with van der Waals surface area (Å²) in [6, 6.07) is 0. The van der Waals surface area contributed by atoms with Crippen LogP contribution in [0.15, 0.2) is 0 Å². The van der Waals surface area contributed by atoms with Crippen LogP contribution in [-0.4, -0.2) is 25.7 Å². The predicted molar refractivity (Wildman–Crippen MR) is 83.8 cm³/mol. The molecule has 0 rings (SSSR count). The molecule has 4 heteroatoms. The van der Waals surface area contributed by atoms with Gasteiger partial charge in [0.1, 0.15) is 0 Å². The lowest BCUT2D eigenvalue weighted by Gasteiger charge is -2.39. The van der Waals surface area contributed by atoms with E-state index >= 15 is 0 Å². The molecule has 0 heterocycles. The lowest BCUT2D eigenvalue weighted by molar-refractivity contribution is -0.158. The first-order valence-electron chi connectivity index (χ1n) is 7.76. The van der Waals surface area contributed by atoms with Crippen molar-refractivity contribution < 1.29 is 19.1 Å². The maximum atomic E-state index is 11.9. The zero-order valence-electron chi connectivity index (χ0n) is 14.7. The van der Waals surface area contributed by atoms with Gasteiger partial charge >= 0.3 is 11.9 Å². The molecule has 0 aromatic carbocycles. The lowest BCUT2D eigenvalue weighted by Crippen LogP contribution is -2.40. The average molecular weight is 300 g/mol. The van der Waals surface area contributed by atoms with Gasteiger partial charge < -0.3 is 9.47 Å². The van der Waals surface area contributed by atoms with Crippen LogP contribution in [0.4, 0.5) is 0 Å². The first-order valence-corrected chi connectivity index (χ1v) is 7.76. The van der Waals surface area contributed by atoms with Crippen molar-refractivity contribution in [1.29, 1.82) is 0 Å². The molecule has 0 aromatic rings. The van der Waals surface area contributed by atoms with Crippen LogP contribution in [0.1, 0.15) is 67.2 Å². The van der Waals surface area contributed by atoms with Gasteiger partial charge in [0.05, 0.1) is 19.1 Å². The summed E-state index contributed by atoms with van der Waals surface area (Å²) in [5.41, 5.74) is -0.613. The van der Waals surface area contributed by atoms with E-state index < -0.39 is 5.41 Å². The highest BCUT2D eigenvalue weighted by atomic mass is 16.5. The zero-order valence-corrected chi connectivity index (χ0v) is 14.7. The van der Waals surface area contributed by atoms with E-state index in [1.54, 1.807) is 0 Å². The number of carbonyl (C=O) groups excluding carboxylic acids is 2. The van der Waals surface area contributed by atoms with Crippen LogP contribution in [0.25, 0.3) is 0 Å². The zero-order chi connectivity index (χ0) is 16.7. The van der Waals surface area contributed by atoms with Gasteiger partial charge in [-0.25, -0.2) is 0 Å². The van der Waals surface area contributed by atoms with Crippen molar-refractivity contribution in [3.63, 3.8) is 0 Å². The smallest absolute Gasteiger partial charge is 0.311 e. The van der Waals surface area contributed by atoms with Crippen LogP contribution in [-0.2, 0) is 19.1 Å². The second-order valence-corrected chi connectivity index (χ2v) is 7.13. The molecule has 0 aliphatic rings. The Kier molecular flexibility index (Phi) is 7.98. The summed E-state index contributed by atoms with van der Waals surface area (Å²) in [4.78, 5) is 22.6. The van der Waals surface area contributed by atoms with E-state index in [4.69, 9.17) is 9.47 Å². The minimum Gasteiger partial charge on any atom is -0.469 e. The van der Waals surface area contributed by atoms with Crippen molar-refractivity contribution in [3.8, 4) is 0 Å². The Labute approximate surface area is 129 Å². The number of methoxy groups -OCH3 is 1. The number of ether oxygens (including phenoxy) is 2. The van der Waals surface area contributed by atoms with Crippen LogP contribution >= 0.6 is 0 Å². The standard InChI is InChI=1S/C17H32O4/c1-13(10-12-21-14(2)18)9-8-11-16(3,4)17(5,6)15(19)20-7/h13H,8-12H2,1-7H3. The molecule has 4 nitrogen and oxygen atoms in total. The Hall–Kier alpha value is -1.06. The Morgan fingerprint density at radius 2 is 1.67 bits per heavy atom. The summed E-state index contributed by atoms with van der Waals surface area (Å²) in [5, 5.41) is 0. The Balaban J connectivity index is 4.20. The third-order valence-electron chi connectivity index (χ3n) is 4.80. The molecule has 1 unspecified atom stereocenters. The van der Waals surface area contributed by atoms with Gasteiger partial charge in [-0.3, -0.25) is 9.59 Å². The van der Waals surface area contributed by atoms with E-state index in [1.165, 1.54) is 14.0 Å². The van der Waals surface area contributed by atoms with Crippen molar-refractivity contribution in [1.82, 2.24) is 0 Å². The van der Waals surface area contributed by atoms with Crippen LogP contribution in [0.5, 0.6) is 0 Å². The molecule has 21 heavy (non-hydrogen) atoms. The van der Waals surface area contributed by atoms with Gasteiger partial charge in [0.15, 0.2) is 0 Å². The summed E-state index contributed by atoms with van der Waals surface area (Å²) in [5.74, 6) is 0.139. The number of rotatable bonds is 9. The monoisotopic (exact) mass is 300 g/mol. The summed E-state index contributed by atoms with van der Waals surface area (Å²) in [7, 11) is 1.44. The van der Waals surface area contributed by atoms with E-state index in [-0.39, 0.29) is 17.4 Å². The third-order valence-corrected chi connectivity index (χ3v) is 4.80. The molecule has 0 aliphatic heterocycles. The van der Waals surface area contributed by atoms with Crippen molar-refractivity contribution >= 4 is 11.9 Å². The van der Waals surface area contributed by atoms with Crippen LogP contribution < -0.4 is 0 Å². The molecule has 0 aromatic heterocycles. The van der Waals surface area contributed by atoms with Crippen LogP contribution in [0, 0.1) is 16.7 Å². The highest BCUT2D eigenvalue weighted by molar-refractivity contribution is 5.76. The third kappa shape index (κ3) is 6.49. The van der Waals surface area contributed by atoms with Crippen molar-refractivity contribution in [2.45, 2.75) is 67.2 Å². The van der Waals surface area contributed by atoms with Gasteiger partial charge in [-0.2, -0.15) is 0 Å². The normalized spacial score (nSPS) is 13.7. The van der Waals surface area contributed by atoms with E-state index in [0.29, 0.717) is 12.5 Å². The number of hydrogen-bond acceptors (Lipinski definition) is 4. The summed E-state index contributed by atoms with van der Waals surface area (Å²) in [6.07, 6.45) is 3.98. The summed E-state index contributed by atoms with van der Waals surface area (Å²) >= 11 is 0. The minimum atomic E-state index is -0.497. The van der Waals surface area contributed by atoms with E-state index in [2.05, 4.69) is 20.8 Å². The second-order valence-electron chi connectivity index (χ2n) is 7.13. The number of esters is 2. The van der Waals surface area contributed by atoms with E-state index in [0.717, 1.165) is 25.7 Å². The van der Waals surface area contributed by atoms with Gasteiger partial charge in [-0.15, -0.1) is 0 Å². The molecule has 0 fully saturated rings. The Morgan fingerprint density at radius 1 is 1.10 bits per heavy atom. The van der Waals surface area contributed by atoms with Crippen molar-refractivity contribution in [2.75, 3.05) is 13.7 Å². The molecule has 124 valence electrons. The van der Waals surface area contributed by atoms with Crippen LogP contribution in [0.2, 0.25) is 0 Å². The lowest BCUT2D eigenvalue weighted by atomic mass is 9.65. The summed E-state index contributed by atoms with van der Waals surface area (Å²) in [6.45, 7) is 12.2. The fraction of sp³-hybridized carbons (Fsp3) is 0.882. The predicted octanol–water partition coefficient (Wildman–Crippen LogP) is 3.97. The molecule has 0 saturated carbocycles. The van der Waals surface area contributed by atoms with Gasteiger partial charge in [0.2, 0.25) is 0 Å². The van der Waals surface area contributed by atoms with E-state index in [9.17, 15) is 9.59 Å². The van der Waals surface area contributed by atoms with Gasteiger partial charge in [-0.05, 0) is 38.0 Å². The molecule has 0 N–H and O–H groups in total. The largest absolute Gasteiger partial charge is 0.469 e. The molecular weight excluding hydrogens is 268 g/mol. The fourth-order valence-electron chi connectivity index (χ4n) is 2.28. The van der Waals surface area contributed by atoms with Crippen LogP contribution in [0.3, 0.4) is 0 Å². The second kappa shape index (κ2) is 8.40. The minimum absolute atomic E-state index is 0.115. The molecule has 0 radical (unpaired) electrons. The van der Waals surface area contributed by atoms with Gasteiger partial charge in [-0.1, -0.05) is 33.6 Å². The quantitative estimate of drug-likeness (QED) is 0.605. The first kappa shape index (κ1) is 19.9. The molecule has 0 amide bonds. The number of hydrogen-bond donors (Lipinski definition) is 0. The molecule has 0 spiro atoms. The highest BCUT2D eigenvalue weighted by Crippen LogP contribution is 2.43. The number of carbonyl (C=O) groups is 2. The topological polar surface area (TPSA) is 52.6 Å². The van der Waals surface area contributed by atoms with Gasteiger partial charge in [0.25, 0.3) is 0 Å². The SMILES string of the molecule is COC(=O)C(C)(C)C(C)(C)CCCC(C)CCOC(C)=O. The van der Waals surface area contributed by atoms with E-state index in [1.807, 2.05) is 13.8 Å². The average Bonchev–Trinajstić information content (AvgIpc) is 2.36. The van der Waals surface area contributed by atoms with Crippen molar-refractivity contribution in [2.24, 2.45) is 16.7 Å². The molecule has 0 aliphatic carbocycles.